The van der Waals surface area contributed by atoms with E-state index in [-0.39, 0.29) is 31.0 Å². The lowest BCUT2D eigenvalue weighted by Gasteiger charge is -2.54. The van der Waals surface area contributed by atoms with Gasteiger partial charge in [0.2, 0.25) is 0 Å². The Morgan fingerprint density at radius 2 is 1.64 bits per heavy atom. The standard InChI is InChI=1S/C33H27Cl4N5O8/c1-39-20-13-23(50-3)22(49-2)12-19(20)38-18(29(39)46)8-9-40-30(47)41-10-7-17-21(42(41)31(40)48)14-32(36)27(44)25(34)26(35)28(45)33(32,37)24(17)15-5-4-6-16(43)11-15/h4-7,11-13,21,24,43H,8-10,14H2,1-3H3. The zero-order valence-electron chi connectivity index (χ0n) is 26.6. The molecular formula is C33H27Cl4N5O8. The van der Waals surface area contributed by atoms with Crippen molar-refractivity contribution in [2.45, 2.75) is 47.6 Å². The van der Waals surface area contributed by atoms with Crippen LogP contribution in [0.25, 0.3) is 11.0 Å². The molecule has 1 saturated carbocycles. The third-order valence-corrected chi connectivity index (χ3v) is 12.1. The second kappa shape index (κ2) is 11.9. The number of alkyl halides is 2. The van der Waals surface area contributed by atoms with Crippen LogP contribution in [-0.2, 0) is 36.1 Å². The van der Waals surface area contributed by atoms with Crippen LogP contribution in [0.3, 0.4) is 0 Å². The van der Waals surface area contributed by atoms with Crippen molar-refractivity contribution >= 4 is 69.0 Å². The number of halogens is 4. The maximum Gasteiger partial charge on any atom is 0.347 e. The third-order valence-electron chi connectivity index (χ3n) is 9.81. The van der Waals surface area contributed by atoms with E-state index in [1.807, 2.05) is 0 Å². The Balaban J connectivity index is 1.33. The number of allylic oxidation sites excluding steroid dienone is 4. The van der Waals surface area contributed by atoms with Gasteiger partial charge >= 0.3 is 11.4 Å². The van der Waals surface area contributed by atoms with E-state index in [4.69, 9.17) is 55.9 Å². The lowest BCUT2D eigenvalue weighted by atomic mass is 9.59. The molecule has 0 spiro atoms. The van der Waals surface area contributed by atoms with Gasteiger partial charge in [-0.1, -0.05) is 41.4 Å². The Hall–Kier alpha value is -4.30. The minimum atomic E-state index is -2.22. The Morgan fingerprint density at radius 3 is 2.32 bits per heavy atom. The second-order valence-corrected chi connectivity index (χ2v) is 14.3. The molecule has 50 heavy (non-hydrogen) atoms. The number of nitrogens with zero attached hydrogens (tertiary/aromatic N) is 5. The van der Waals surface area contributed by atoms with Crippen LogP contribution >= 0.6 is 46.4 Å². The van der Waals surface area contributed by atoms with Crippen LogP contribution < -0.4 is 26.4 Å². The highest BCUT2D eigenvalue weighted by Gasteiger charge is 2.71. The number of hydrogen-bond acceptors (Lipinski definition) is 9. The van der Waals surface area contributed by atoms with E-state index in [2.05, 4.69) is 4.98 Å². The summed E-state index contributed by atoms with van der Waals surface area (Å²) in [6.45, 7) is -0.314. The van der Waals surface area contributed by atoms with Gasteiger partial charge in [0.25, 0.3) is 5.56 Å². The Bertz CT molecular complexity index is 2430. The van der Waals surface area contributed by atoms with Crippen molar-refractivity contribution in [2.75, 3.05) is 14.2 Å². The average Bonchev–Trinajstić information content (AvgIpc) is 3.35. The van der Waals surface area contributed by atoms with Crippen LogP contribution in [0.15, 0.2) is 72.5 Å². The maximum atomic E-state index is 14.2. The van der Waals surface area contributed by atoms with Crippen molar-refractivity contribution in [3.05, 3.63) is 101 Å². The van der Waals surface area contributed by atoms with E-state index >= 15 is 0 Å². The van der Waals surface area contributed by atoms with Crippen molar-refractivity contribution in [1.29, 1.82) is 0 Å². The van der Waals surface area contributed by atoms with Gasteiger partial charge in [-0.2, -0.15) is 0 Å². The summed E-state index contributed by atoms with van der Waals surface area (Å²) in [5, 5.41) is 9.22. The number of benzene rings is 2. The molecule has 0 saturated heterocycles. The molecule has 1 aliphatic heterocycles. The van der Waals surface area contributed by atoms with E-state index in [9.17, 15) is 29.1 Å². The predicted octanol–water partition coefficient (Wildman–Crippen LogP) is 3.49. The molecule has 0 bridgehead atoms. The van der Waals surface area contributed by atoms with E-state index in [0.29, 0.717) is 33.7 Å². The smallest absolute Gasteiger partial charge is 0.347 e. The van der Waals surface area contributed by atoms with Gasteiger partial charge in [0, 0.05) is 44.5 Å². The number of Topliss-reactive ketones (excluding diaryl/α,β-unsaturated/α-hetero) is 2. The molecule has 2 aromatic carbocycles. The number of aromatic hydroxyl groups is 1. The summed E-state index contributed by atoms with van der Waals surface area (Å²) in [6, 6.07) is 8.12. The van der Waals surface area contributed by atoms with Crippen molar-refractivity contribution in [1.82, 2.24) is 23.5 Å². The normalized spacial score (nSPS) is 24.5. The molecule has 2 aliphatic carbocycles. The van der Waals surface area contributed by atoms with Crippen LogP contribution in [0, 0.1) is 0 Å². The quantitative estimate of drug-likeness (QED) is 0.230. The van der Waals surface area contributed by atoms with Crippen LogP contribution in [0.2, 0.25) is 0 Å². The number of aryl methyl sites for hydroxylation is 2. The van der Waals surface area contributed by atoms with Gasteiger partial charge in [-0.25, -0.2) is 28.5 Å². The van der Waals surface area contributed by atoms with Crippen molar-refractivity contribution < 1.29 is 24.2 Å². The molecule has 13 nitrogen and oxygen atoms in total. The lowest BCUT2D eigenvalue weighted by Crippen LogP contribution is -2.67. The highest BCUT2D eigenvalue weighted by Crippen LogP contribution is 2.63. The number of ether oxygens (including phenoxy) is 2. The maximum absolute atomic E-state index is 14.2. The van der Waals surface area contributed by atoms with E-state index in [1.165, 1.54) is 46.3 Å². The fraction of sp³-hybridized carbons (Fsp3) is 0.333. The number of carbonyl (C=O) groups excluding carboxylic acids is 2. The number of rotatable bonds is 6. The highest BCUT2D eigenvalue weighted by atomic mass is 35.5. The summed E-state index contributed by atoms with van der Waals surface area (Å²) in [4.78, 5) is 69.0. The third kappa shape index (κ3) is 4.59. The van der Waals surface area contributed by atoms with E-state index in [1.54, 1.807) is 31.3 Å². The molecule has 1 fully saturated rings. The van der Waals surface area contributed by atoms with Gasteiger partial charge in [0.1, 0.15) is 31.3 Å². The van der Waals surface area contributed by atoms with Crippen molar-refractivity contribution in [3.8, 4) is 17.2 Å². The molecule has 0 radical (unpaired) electrons. The van der Waals surface area contributed by atoms with Gasteiger partial charge in [-0.15, -0.1) is 23.2 Å². The SMILES string of the molecule is COc1cc2nc(CCn3c(=O)n4n(c3=O)C3CC5(Cl)C(=O)C(Cl)=C(Cl)C(=O)C5(Cl)C(c5cccc(O)c5)C3=CC4)c(=O)n(C)c2cc1OC. The van der Waals surface area contributed by atoms with Crippen LogP contribution in [0.4, 0.5) is 0 Å². The van der Waals surface area contributed by atoms with E-state index in [0.717, 1.165) is 4.57 Å². The molecule has 3 aliphatic rings. The number of phenols is 1. The summed E-state index contributed by atoms with van der Waals surface area (Å²) in [7, 11) is 4.52. The minimum absolute atomic E-state index is 0.0802. The summed E-state index contributed by atoms with van der Waals surface area (Å²) >= 11 is 26.8. The summed E-state index contributed by atoms with van der Waals surface area (Å²) in [5.41, 5.74) is -0.0990. The first-order valence-electron chi connectivity index (χ1n) is 15.2. The molecule has 3 heterocycles. The number of hydrogen-bond donors (Lipinski definition) is 1. The molecule has 2 aromatic heterocycles. The molecule has 260 valence electrons. The fourth-order valence-electron chi connectivity index (χ4n) is 7.38. The second-order valence-electron chi connectivity index (χ2n) is 12.3. The minimum Gasteiger partial charge on any atom is -0.508 e. The first-order chi connectivity index (χ1) is 23.7. The molecule has 0 amide bonds. The topological polar surface area (TPSA) is 157 Å². The van der Waals surface area contributed by atoms with Crippen LogP contribution in [-0.4, -0.2) is 64.1 Å². The molecule has 1 N–H and O–H groups in total. The summed E-state index contributed by atoms with van der Waals surface area (Å²) in [6.07, 6.45) is 1.17. The monoisotopic (exact) mass is 761 g/mol. The average molecular weight is 763 g/mol. The highest BCUT2D eigenvalue weighted by molar-refractivity contribution is 6.66. The summed E-state index contributed by atoms with van der Waals surface area (Å²) in [5.74, 6) is -2.31. The fourth-order valence-corrected chi connectivity index (χ4v) is 8.90. The molecule has 4 atom stereocenters. The first-order valence-corrected chi connectivity index (χ1v) is 16.8. The Morgan fingerprint density at radius 1 is 0.960 bits per heavy atom. The van der Waals surface area contributed by atoms with Gasteiger partial charge in [-0.3, -0.25) is 14.4 Å². The van der Waals surface area contributed by atoms with Crippen LogP contribution in [0.1, 0.15) is 29.6 Å². The lowest BCUT2D eigenvalue weighted by molar-refractivity contribution is -0.128. The molecule has 7 rings (SSSR count). The van der Waals surface area contributed by atoms with Gasteiger partial charge in [0.15, 0.2) is 23.1 Å². The van der Waals surface area contributed by atoms with E-state index < -0.39 is 66.7 Å². The van der Waals surface area contributed by atoms with Crippen molar-refractivity contribution in [2.24, 2.45) is 7.05 Å². The summed E-state index contributed by atoms with van der Waals surface area (Å²) < 4.78 is 15.5. The first kappa shape index (κ1) is 34.2. The largest absolute Gasteiger partial charge is 0.508 e. The molecular weight excluding hydrogens is 736 g/mol. The zero-order chi connectivity index (χ0) is 36.0. The molecule has 4 aromatic rings. The molecule has 17 heteroatoms. The number of carbonyl (C=O) groups is 2. The number of aromatic nitrogens is 5. The molecule has 4 unspecified atom stereocenters. The number of fused-ring (bicyclic) bond motifs is 5. The zero-order valence-corrected chi connectivity index (χ0v) is 29.6. The Kier molecular flexibility index (Phi) is 8.13. The van der Waals surface area contributed by atoms with Gasteiger partial charge in [0.05, 0.1) is 37.8 Å². The van der Waals surface area contributed by atoms with Crippen LogP contribution in [0.5, 0.6) is 17.2 Å². The van der Waals surface area contributed by atoms with Crippen molar-refractivity contribution in [3.63, 3.8) is 0 Å². The van der Waals surface area contributed by atoms with Gasteiger partial charge < -0.3 is 19.1 Å². The predicted molar refractivity (Wildman–Crippen MR) is 185 cm³/mol. The Labute approximate surface area is 302 Å². The number of methoxy groups -OCH3 is 2. The number of phenolic OH excluding ortho intramolecular Hbond substituents is 1. The van der Waals surface area contributed by atoms with Gasteiger partial charge in [-0.05, 0) is 23.3 Å². The number of ketones is 2.